The number of hydrogen-bond acceptors (Lipinski definition) is 3. The van der Waals surface area contributed by atoms with Gasteiger partial charge in [-0.25, -0.2) is 0 Å². The first-order chi connectivity index (χ1) is 7.28. The molecule has 15 heavy (non-hydrogen) atoms. The lowest BCUT2D eigenvalue weighted by molar-refractivity contribution is -0.0333. The van der Waals surface area contributed by atoms with Crippen LogP contribution in [0, 0.1) is 5.92 Å². The van der Waals surface area contributed by atoms with Gasteiger partial charge in [0.2, 0.25) is 0 Å². The summed E-state index contributed by atoms with van der Waals surface area (Å²) in [5, 5.41) is 0. The molecule has 2 fully saturated rings. The number of piperidine rings is 1. The van der Waals surface area contributed by atoms with Crippen LogP contribution in [0.2, 0.25) is 0 Å². The molecule has 2 aliphatic rings. The fourth-order valence-corrected chi connectivity index (χ4v) is 2.63. The van der Waals surface area contributed by atoms with Crippen molar-refractivity contribution < 1.29 is 4.74 Å². The standard InChI is InChI=1S/C12H24N2O/c1-11-4-3-5-13(8-11)6-7-14-9-12(10-14)15-2/h11-12H,3-10H2,1-2H3/t11-/m1/s1. The Balaban J connectivity index is 1.58. The fourth-order valence-electron chi connectivity index (χ4n) is 2.63. The Hall–Kier alpha value is -0.120. The molecule has 88 valence electrons. The zero-order valence-electron chi connectivity index (χ0n) is 10.1. The number of ether oxygens (including phenoxy) is 1. The van der Waals surface area contributed by atoms with Gasteiger partial charge in [0, 0.05) is 39.8 Å². The smallest absolute Gasteiger partial charge is 0.0824 e. The van der Waals surface area contributed by atoms with E-state index in [2.05, 4.69) is 16.7 Å². The van der Waals surface area contributed by atoms with Gasteiger partial charge in [-0.2, -0.15) is 0 Å². The van der Waals surface area contributed by atoms with Crippen LogP contribution in [0.25, 0.3) is 0 Å². The van der Waals surface area contributed by atoms with Crippen LogP contribution in [0.3, 0.4) is 0 Å². The van der Waals surface area contributed by atoms with Crippen LogP contribution >= 0.6 is 0 Å². The van der Waals surface area contributed by atoms with Crippen molar-refractivity contribution in [2.24, 2.45) is 5.92 Å². The van der Waals surface area contributed by atoms with Crippen LogP contribution in [0.4, 0.5) is 0 Å². The summed E-state index contributed by atoms with van der Waals surface area (Å²) in [5.74, 6) is 0.905. The highest BCUT2D eigenvalue weighted by Gasteiger charge is 2.26. The van der Waals surface area contributed by atoms with Gasteiger partial charge in [0.1, 0.15) is 0 Å². The highest BCUT2D eigenvalue weighted by Crippen LogP contribution is 2.16. The number of likely N-dealkylation sites (tertiary alicyclic amines) is 2. The number of rotatable bonds is 4. The Morgan fingerprint density at radius 3 is 2.53 bits per heavy atom. The number of methoxy groups -OCH3 is 1. The maximum absolute atomic E-state index is 5.27. The van der Waals surface area contributed by atoms with Crippen molar-refractivity contribution >= 4 is 0 Å². The maximum atomic E-state index is 5.27. The van der Waals surface area contributed by atoms with E-state index in [1.807, 2.05) is 7.11 Å². The average molecular weight is 212 g/mol. The summed E-state index contributed by atoms with van der Waals surface area (Å²) >= 11 is 0. The van der Waals surface area contributed by atoms with Gasteiger partial charge in [0.15, 0.2) is 0 Å². The quantitative estimate of drug-likeness (QED) is 0.693. The summed E-state index contributed by atoms with van der Waals surface area (Å²) in [6.45, 7) is 9.75. The summed E-state index contributed by atoms with van der Waals surface area (Å²) in [5.41, 5.74) is 0. The van der Waals surface area contributed by atoms with Crippen LogP contribution in [0.15, 0.2) is 0 Å². The molecular formula is C12H24N2O. The molecule has 2 rings (SSSR count). The average Bonchev–Trinajstić information content (AvgIpc) is 2.16. The molecule has 3 nitrogen and oxygen atoms in total. The predicted molar refractivity (Wildman–Crippen MR) is 62.1 cm³/mol. The van der Waals surface area contributed by atoms with E-state index in [4.69, 9.17) is 4.74 Å². The second-order valence-corrected chi connectivity index (χ2v) is 5.17. The maximum Gasteiger partial charge on any atom is 0.0824 e. The van der Waals surface area contributed by atoms with E-state index in [1.165, 1.54) is 39.0 Å². The molecule has 0 N–H and O–H groups in total. The van der Waals surface area contributed by atoms with E-state index in [1.54, 1.807) is 0 Å². The molecule has 0 aliphatic carbocycles. The minimum absolute atomic E-state index is 0.505. The van der Waals surface area contributed by atoms with Crippen LogP contribution < -0.4 is 0 Å². The monoisotopic (exact) mass is 212 g/mol. The van der Waals surface area contributed by atoms with Crippen molar-refractivity contribution in [3.63, 3.8) is 0 Å². The minimum Gasteiger partial charge on any atom is -0.379 e. The van der Waals surface area contributed by atoms with Crippen molar-refractivity contribution in [3.05, 3.63) is 0 Å². The summed E-state index contributed by atoms with van der Waals surface area (Å²) in [4.78, 5) is 5.11. The van der Waals surface area contributed by atoms with E-state index in [-0.39, 0.29) is 0 Å². The molecule has 2 heterocycles. The Bertz CT molecular complexity index is 192. The third kappa shape index (κ3) is 3.16. The number of hydrogen-bond donors (Lipinski definition) is 0. The molecule has 3 heteroatoms. The highest BCUT2D eigenvalue weighted by atomic mass is 16.5. The zero-order valence-corrected chi connectivity index (χ0v) is 10.1. The van der Waals surface area contributed by atoms with Gasteiger partial charge in [-0.3, -0.25) is 4.90 Å². The molecule has 0 aromatic carbocycles. The lowest BCUT2D eigenvalue weighted by atomic mass is 10.0. The molecule has 1 atom stereocenters. The molecule has 2 aliphatic heterocycles. The molecule has 0 aromatic rings. The second-order valence-electron chi connectivity index (χ2n) is 5.17. The summed E-state index contributed by atoms with van der Waals surface area (Å²) < 4.78 is 5.27. The lowest BCUT2D eigenvalue weighted by Crippen LogP contribution is -2.54. The SMILES string of the molecule is COC1CN(CCN2CCC[C@@H](C)C2)C1. The van der Waals surface area contributed by atoms with E-state index >= 15 is 0 Å². The van der Waals surface area contributed by atoms with Gasteiger partial charge in [-0.05, 0) is 25.3 Å². The third-order valence-corrected chi connectivity index (χ3v) is 3.73. The molecular weight excluding hydrogens is 188 g/mol. The molecule has 0 amide bonds. The van der Waals surface area contributed by atoms with E-state index in [0.29, 0.717) is 6.10 Å². The largest absolute Gasteiger partial charge is 0.379 e. The van der Waals surface area contributed by atoms with Gasteiger partial charge in [0.05, 0.1) is 6.10 Å². The van der Waals surface area contributed by atoms with Crippen LogP contribution in [0.5, 0.6) is 0 Å². The van der Waals surface area contributed by atoms with E-state index < -0.39 is 0 Å². The molecule has 0 spiro atoms. The van der Waals surface area contributed by atoms with E-state index in [0.717, 1.165) is 19.0 Å². The topological polar surface area (TPSA) is 15.7 Å². The Morgan fingerprint density at radius 2 is 1.87 bits per heavy atom. The normalized spacial score (nSPS) is 30.4. The first kappa shape index (κ1) is 11.4. The van der Waals surface area contributed by atoms with E-state index in [9.17, 15) is 0 Å². The van der Waals surface area contributed by atoms with Crippen LogP contribution in [-0.4, -0.2) is 62.3 Å². The molecule has 2 saturated heterocycles. The van der Waals surface area contributed by atoms with Crippen molar-refractivity contribution in [1.29, 1.82) is 0 Å². The van der Waals surface area contributed by atoms with Gasteiger partial charge in [-0.1, -0.05) is 6.92 Å². The van der Waals surface area contributed by atoms with Gasteiger partial charge in [-0.15, -0.1) is 0 Å². The fraction of sp³-hybridized carbons (Fsp3) is 1.00. The lowest BCUT2D eigenvalue weighted by Gasteiger charge is -2.40. The summed E-state index contributed by atoms with van der Waals surface area (Å²) in [7, 11) is 1.81. The molecule has 0 aromatic heterocycles. The highest BCUT2D eigenvalue weighted by molar-refractivity contribution is 4.81. The second kappa shape index (κ2) is 5.28. The van der Waals surface area contributed by atoms with Crippen LogP contribution in [-0.2, 0) is 4.74 Å². The Morgan fingerprint density at radius 1 is 1.13 bits per heavy atom. The van der Waals surface area contributed by atoms with Crippen molar-refractivity contribution in [3.8, 4) is 0 Å². The van der Waals surface area contributed by atoms with Crippen molar-refractivity contribution in [2.75, 3.05) is 46.4 Å². The third-order valence-electron chi connectivity index (χ3n) is 3.73. The summed E-state index contributed by atoms with van der Waals surface area (Å²) in [6, 6.07) is 0. The molecule has 0 unspecified atom stereocenters. The van der Waals surface area contributed by atoms with Gasteiger partial charge < -0.3 is 9.64 Å². The van der Waals surface area contributed by atoms with Gasteiger partial charge in [0.25, 0.3) is 0 Å². The Kier molecular flexibility index (Phi) is 4.00. The Labute approximate surface area is 93.4 Å². The molecule has 0 bridgehead atoms. The van der Waals surface area contributed by atoms with Crippen molar-refractivity contribution in [1.82, 2.24) is 9.80 Å². The van der Waals surface area contributed by atoms with Crippen molar-refractivity contribution in [2.45, 2.75) is 25.9 Å². The first-order valence-electron chi connectivity index (χ1n) is 6.25. The van der Waals surface area contributed by atoms with Crippen LogP contribution in [0.1, 0.15) is 19.8 Å². The first-order valence-corrected chi connectivity index (χ1v) is 6.25. The minimum atomic E-state index is 0.505. The number of nitrogens with zero attached hydrogens (tertiary/aromatic N) is 2. The van der Waals surface area contributed by atoms with Gasteiger partial charge >= 0.3 is 0 Å². The summed E-state index contributed by atoms with van der Waals surface area (Å²) in [6.07, 6.45) is 3.32. The molecule has 0 saturated carbocycles. The zero-order chi connectivity index (χ0) is 10.7. The predicted octanol–water partition coefficient (Wildman–Crippen LogP) is 1.05. The molecule has 0 radical (unpaired) electrons.